The first-order chi connectivity index (χ1) is 7.34. The highest BCUT2D eigenvalue weighted by Crippen LogP contribution is 2.25. The van der Waals surface area contributed by atoms with Gasteiger partial charge in [-0.25, -0.2) is 8.78 Å². The summed E-state index contributed by atoms with van der Waals surface area (Å²) in [7, 11) is 1.62. The SMILES string of the molecule is Cn1cc(CCC(=O)C(F)(F)C(F)F)cn1. The van der Waals surface area contributed by atoms with Gasteiger partial charge in [-0.05, 0) is 12.0 Å². The number of rotatable bonds is 5. The minimum Gasteiger partial charge on any atom is -0.293 e. The third kappa shape index (κ3) is 2.80. The lowest BCUT2D eigenvalue weighted by Gasteiger charge is -2.12. The van der Waals surface area contributed by atoms with E-state index in [0.29, 0.717) is 5.56 Å². The molecule has 0 spiro atoms. The van der Waals surface area contributed by atoms with E-state index < -0.39 is 24.6 Å². The molecule has 0 aliphatic rings. The summed E-state index contributed by atoms with van der Waals surface area (Å²) in [4.78, 5) is 10.8. The maximum Gasteiger partial charge on any atom is 0.364 e. The number of carbonyl (C=O) groups excluding carboxylic acids is 1. The molecule has 0 atom stereocenters. The number of aryl methyl sites for hydroxylation is 2. The number of hydrogen-bond acceptors (Lipinski definition) is 2. The summed E-state index contributed by atoms with van der Waals surface area (Å²) in [5.74, 6) is -6.30. The van der Waals surface area contributed by atoms with Crippen molar-refractivity contribution in [2.45, 2.75) is 25.2 Å². The van der Waals surface area contributed by atoms with Gasteiger partial charge in [-0.3, -0.25) is 9.48 Å². The Morgan fingerprint density at radius 2 is 2.19 bits per heavy atom. The van der Waals surface area contributed by atoms with Crippen LogP contribution in [0, 0.1) is 0 Å². The smallest absolute Gasteiger partial charge is 0.293 e. The number of Topliss-reactive ketones (excluding diaryl/α,β-unsaturated/α-hetero) is 1. The fourth-order valence-corrected chi connectivity index (χ4v) is 1.15. The van der Waals surface area contributed by atoms with Gasteiger partial charge in [0.25, 0.3) is 0 Å². The Kier molecular flexibility index (Phi) is 3.66. The molecular formula is C9H10F4N2O. The zero-order valence-electron chi connectivity index (χ0n) is 8.46. The summed E-state index contributed by atoms with van der Waals surface area (Å²) >= 11 is 0. The normalized spacial score (nSPS) is 12.1. The largest absolute Gasteiger partial charge is 0.364 e. The molecule has 0 amide bonds. The zero-order chi connectivity index (χ0) is 12.3. The first kappa shape index (κ1) is 12.7. The molecular weight excluding hydrogens is 228 g/mol. The van der Waals surface area contributed by atoms with Crippen LogP contribution in [0.3, 0.4) is 0 Å². The van der Waals surface area contributed by atoms with Crippen molar-refractivity contribution >= 4 is 5.78 Å². The van der Waals surface area contributed by atoms with Gasteiger partial charge < -0.3 is 0 Å². The van der Waals surface area contributed by atoms with E-state index in [4.69, 9.17) is 0 Å². The minimum atomic E-state index is -4.55. The monoisotopic (exact) mass is 238 g/mol. The summed E-state index contributed by atoms with van der Waals surface area (Å²) in [6.07, 6.45) is -1.66. The first-order valence-corrected chi connectivity index (χ1v) is 4.51. The molecule has 0 aliphatic heterocycles. The lowest BCUT2D eigenvalue weighted by molar-refractivity contribution is -0.166. The third-order valence-electron chi connectivity index (χ3n) is 2.04. The molecule has 0 aliphatic carbocycles. The summed E-state index contributed by atoms with van der Waals surface area (Å²) in [5, 5.41) is 3.76. The molecule has 1 rings (SSSR count). The Balaban J connectivity index is 2.53. The molecule has 0 saturated heterocycles. The van der Waals surface area contributed by atoms with E-state index in [0.717, 1.165) is 0 Å². The standard InChI is InChI=1S/C9H10F4N2O/c1-15-5-6(4-14-15)2-3-7(16)9(12,13)8(10)11/h4-5,8H,2-3H2,1H3. The molecule has 0 saturated carbocycles. The third-order valence-corrected chi connectivity index (χ3v) is 2.04. The summed E-state index contributed by atoms with van der Waals surface area (Å²) < 4.78 is 50.1. The number of halogens is 4. The average Bonchev–Trinajstić information content (AvgIpc) is 2.60. The van der Waals surface area contributed by atoms with Crippen LogP contribution in [0.1, 0.15) is 12.0 Å². The molecule has 1 aromatic rings. The van der Waals surface area contributed by atoms with Crippen LogP contribution in [-0.4, -0.2) is 27.9 Å². The molecule has 0 N–H and O–H groups in total. The molecule has 7 heteroatoms. The first-order valence-electron chi connectivity index (χ1n) is 4.51. The van der Waals surface area contributed by atoms with E-state index in [1.54, 1.807) is 7.05 Å². The number of hydrogen-bond donors (Lipinski definition) is 0. The van der Waals surface area contributed by atoms with Crippen LogP contribution in [0.5, 0.6) is 0 Å². The predicted octanol–water partition coefficient (Wildman–Crippen LogP) is 1.82. The van der Waals surface area contributed by atoms with Crippen LogP contribution in [-0.2, 0) is 18.3 Å². The summed E-state index contributed by atoms with van der Waals surface area (Å²) in [6.45, 7) is 0. The van der Waals surface area contributed by atoms with Gasteiger partial charge in [-0.15, -0.1) is 0 Å². The van der Waals surface area contributed by atoms with E-state index >= 15 is 0 Å². The van der Waals surface area contributed by atoms with E-state index in [2.05, 4.69) is 5.10 Å². The summed E-state index contributed by atoms with van der Waals surface area (Å²) in [6, 6.07) is 0. The lowest BCUT2D eigenvalue weighted by Crippen LogP contribution is -2.36. The molecule has 0 radical (unpaired) electrons. The fraction of sp³-hybridized carbons (Fsp3) is 0.556. The van der Waals surface area contributed by atoms with Crippen molar-refractivity contribution in [3.8, 4) is 0 Å². The molecule has 1 aromatic heterocycles. The van der Waals surface area contributed by atoms with Crippen LogP contribution in [0.25, 0.3) is 0 Å². The number of ketones is 1. The Morgan fingerprint density at radius 3 is 2.62 bits per heavy atom. The molecule has 0 bridgehead atoms. The van der Waals surface area contributed by atoms with Crippen LogP contribution in [0.15, 0.2) is 12.4 Å². The number of alkyl halides is 4. The molecule has 1 heterocycles. The van der Waals surface area contributed by atoms with Gasteiger partial charge in [0.05, 0.1) is 6.20 Å². The van der Waals surface area contributed by atoms with E-state index in [9.17, 15) is 22.4 Å². The zero-order valence-corrected chi connectivity index (χ0v) is 8.46. The number of nitrogens with zero attached hydrogens (tertiary/aromatic N) is 2. The molecule has 3 nitrogen and oxygen atoms in total. The molecule has 0 unspecified atom stereocenters. The highest BCUT2D eigenvalue weighted by molar-refractivity contribution is 5.86. The Morgan fingerprint density at radius 1 is 1.56 bits per heavy atom. The quantitative estimate of drug-likeness (QED) is 0.733. The minimum absolute atomic E-state index is 0.0189. The van der Waals surface area contributed by atoms with Gasteiger partial charge in [-0.2, -0.15) is 13.9 Å². The van der Waals surface area contributed by atoms with Crippen molar-refractivity contribution in [3.63, 3.8) is 0 Å². The second-order valence-corrected chi connectivity index (χ2v) is 3.37. The summed E-state index contributed by atoms with van der Waals surface area (Å²) in [5.41, 5.74) is 0.556. The van der Waals surface area contributed by atoms with Gasteiger partial charge in [0.1, 0.15) is 0 Å². The fourth-order valence-electron chi connectivity index (χ4n) is 1.15. The van der Waals surface area contributed by atoms with Crippen LogP contribution >= 0.6 is 0 Å². The molecule has 90 valence electrons. The topological polar surface area (TPSA) is 34.9 Å². The second-order valence-electron chi connectivity index (χ2n) is 3.37. The van der Waals surface area contributed by atoms with Crippen molar-refractivity contribution < 1.29 is 22.4 Å². The van der Waals surface area contributed by atoms with Crippen LogP contribution in [0.4, 0.5) is 17.6 Å². The van der Waals surface area contributed by atoms with Crippen LogP contribution < -0.4 is 0 Å². The maximum absolute atomic E-state index is 12.5. The Bertz CT molecular complexity index is 375. The van der Waals surface area contributed by atoms with Gasteiger partial charge >= 0.3 is 12.3 Å². The average molecular weight is 238 g/mol. The van der Waals surface area contributed by atoms with Crippen molar-refractivity contribution in [2.75, 3.05) is 0 Å². The van der Waals surface area contributed by atoms with Crippen molar-refractivity contribution in [2.24, 2.45) is 7.05 Å². The molecule has 16 heavy (non-hydrogen) atoms. The number of aromatic nitrogens is 2. The van der Waals surface area contributed by atoms with Gasteiger partial charge in [0.15, 0.2) is 0 Å². The Hall–Kier alpha value is -1.40. The molecule has 0 fully saturated rings. The van der Waals surface area contributed by atoms with Crippen LogP contribution in [0.2, 0.25) is 0 Å². The van der Waals surface area contributed by atoms with Crippen molar-refractivity contribution in [1.29, 1.82) is 0 Å². The predicted molar refractivity (Wildman–Crippen MR) is 47.5 cm³/mol. The maximum atomic E-state index is 12.5. The lowest BCUT2D eigenvalue weighted by atomic mass is 10.1. The van der Waals surface area contributed by atoms with E-state index in [1.807, 2.05) is 0 Å². The Labute approximate surface area is 89.1 Å². The van der Waals surface area contributed by atoms with E-state index in [1.165, 1.54) is 17.1 Å². The number of carbonyl (C=O) groups is 1. The molecule has 0 aromatic carbocycles. The van der Waals surface area contributed by atoms with Gasteiger partial charge in [0.2, 0.25) is 5.78 Å². The van der Waals surface area contributed by atoms with Gasteiger partial charge in [-0.1, -0.05) is 0 Å². The van der Waals surface area contributed by atoms with Crippen molar-refractivity contribution in [3.05, 3.63) is 18.0 Å². The highest BCUT2D eigenvalue weighted by atomic mass is 19.3. The van der Waals surface area contributed by atoms with Gasteiger partial charge in [0, 0.05) is 19.7 Å². The second kappa shape index (κ2) is 4.63. The van der Waals surface area contributed by atoms with Crippen molar-refractivity contribution in [1.82, 2.24) is 9.78 Å². The van der Waals surface area contributed by atoms with E-state index in [-0.39, 0.29) is 6.42 Å². The highest BCUT2D eigenvalue weighted by Gasteiger charge is 2.47.